The topological polar surface area (TPSA) is 15.3 Å². The Balaban J connectivity index is 2.31. The molecular weight excluding hydrogens is 191 g/mol. The molecule has 2 nitrogen and oxygen atoms in total. The van der Waals surface area contributed by atoms with Gasteiger partial charge in [-0.05, 0) is 38.6 Å². The number of hydrogen-bond donors (Lipinski definition) is 1. The number of rotatable bonds is 2. The molecule has 82 valence electrons. The second-order valence-corrected chi connectivity index (χ2v) is 4.57. The van der Waals surface area contributed by atoms with Crippen LogP contribution in [0.25, 0.3) is 0 Å². The third kappa shape index (κ3) is 2.12. The van der Waals surface area contributed by atoms with Crippen molar-refractivity contribution in [1.29, 1.82) is 0 Å². The summed E-state index contributed by atoms with van der Waals surface area (Å²) in [5.41, 5.74) is 2.85. The van der Waals surface area contributed by atoms with Gasteiger partial charge in [0.2, 0.25) is 0 Å². The first-order valence-corrected chi connectivity index (χ1v) is 5.32. The van der Waals surface area contributed by atoms with Crippen molar-refractivity contribution in [3.05, 3.63) is 29.1 Å². The van der Waals surface area contributed by atoms with Crippen LogP contribution < -0.4 is 5.32 Å². The van der Waals surface area contributed by atoms with Gasteiger partial charge < -0.3 is 5.32 Å². The highest BCUT2D eigenvalue weighted by Gasteiger charge is 2.20. The summed E-state index contributed by atoms with van der Waals surface area (Å²) in [6.07, 6.45) is 0. The first-order valence-electron chi connectivity index (χ1n) is 5.32. The molecule has 0 spiro atoms. The highest BCUT2D eigenvalue weighted by atomic mass is 19.1. The standard InChI is InChI=1S/C12H17FN2/c1-8(2)14-10-4-9-6-15(3)7-11(9)12(13)5-10/h4-5,8,14H,6-7H2,1-3H3. The molecule has 15 heavy (non-hydrogen) atoms. The Morgan fingerprint density at radius 1 is 1.33 bits per heavy atom. The number of hydrogen-bond acceptors (Lipinski definition) is 2. The van der Waals surface area contributed by atoms with Gasteiger partial charge in [0.15, 0.2) is 0 Å². The number of benzene rings is 1. The van der Waals surface area contributed by atoms with Crippen molar-refractivity contribution >= 4 is 5.69 Å². The zero-order valence-corrected chi connectivity index (χ0v) is 9.47. The summed E-state index contributed by atoms with van der Waals surface area (Å²) in [6.45, 7) is 5.68. The van der Waals surface area contributed by atoms with Gasteiger partial charge in [0.05, 0.1) is 0 Å². The Morgan fingerprint density at radius 2 is 2.07 bits per heavy atom. The van der Waals surface area contributed by atoms with E-state index in [2.05, 4.69) is 30.1 Å². The molecule has 1 aliphatic heterocycles. The van der Waals surface area contributed by atoms with Crippen molar-refractivity contribution in [3.63, 3.8) is 0 Å². The van der Waals surface area contributed by atoms with E-state index in [0.29, 0.717) is 6.04 Å². The van der Waals surface area contributed by atoms with Gasteiger partial charge in [-0.15, -0.1) is 0 Å². The molecule has 0 aromatic heterocycles. The second-order valence-electron chi connectivity index (χ2n) is 4.57. The normalized spacial score (nSPS) is 15.8. The van der Waals surface area contributed by atoms with Crippen molar-refractivity contribution < 1.29 is 4.39 Å². The molecular formula is C12H17FN2. The largest absolute Gasteiger partial charge is 0.383 e. The summed E-state index contributed by atoms with van der Waals surface area (Å²) in [6, 6.07) is 3.99. The Bertz CT molecular complexity index is 374. The van der Waals surface area contributed by atoms with Crippen LogP contribution in [0.3, 0.4) is 0 Å². The van der Waals surface area contributed by atoms with Crippen LogP contribution in [0, 0.1) is 5.82 Å². The predicted octanol–water partition coefficient (Wildman–Crippen LogP) is 2.59. The number of halogens is 1. The molecule has 1 heterocycles. The minimum Gasteiger partial charge on any atom is -0.383 e. The maximum Gasteiger partial charge on any atom is 0.130 e. The average molecular weight is 208 g/mol. The van der Waals surface area contributed by atoms with Crippen molar-refractivity contribution in [2.45, 2.75) is 33.0 Å². The second kappa shape index (κ2) is 3.81. The summed E-state index contributed by atoms with van der Waals surface area (Å²) < 4.78 is 13.7. The zero-order valence-electron chi connectivity index (χ0n) is 9.47. The van der Waals surface area contributed by atoms with Crippen LogP contribution in [0.4, 0.5) is 10.1 Å². The minimum atomic E-state index is -0.0833. The number of nitrogens with zero attached hydrogens (tertiary/aromatic N) is 1. The Kier molecular flexibility index (Phi) is 2.65. The number of anilines is 1. The Hall–Kier alpha value is -1.09. The summed E-state index contributed by atoms with van der Waals surface area (Å²) >= 11 is 0. The number of fused-ring (bicyclic) bond motifs is 1. The maximum absolute atomic E-state index is 13.7. The maximum atomic E-state index is 13.7. The average Bonchev–Trinajstić information content (AvgIpc) is 2.44. The molecule has 2 rings (SSSR count). The fourth-order valence-corrected chi connectivity index (χ4v) is 2.04. The van der Waals surface area contributed by atoms with Crippen molar-refractivity contribution in [3.8, 4) is 0 Å². The lowest BCUT2D eigenvalue weighted by molar-refractivity contribution is 0.350. The van der Waals surface area contributed by atoms with Gasteiger partial charge in [-0.1, -0.05) is 0 Å². The van der Waals surface area contributed by atoms with Crippen LogP contribution in [0.5, 0.6) is 0 Å². The van der Waals surface area contributed by atoms with Crippen molar-refractivity contribution in [2.75, 3.05) is 12.4 Å². The van der Waals surface area contributed by atoms with E-state index in [9.17, 15) is 4.39 Å². The summed E-state index contributed by atoms with van der Waals surface area (Å²) in [7, 11) is 2.01. The van der Waals surface area contributed by atoms with Crippen LogP contribution in [0.2, 0.25) is 0 Å². The summed E-state index contributed by atoms with van der Waals surface area (Å²) in [5.74, 6) is -0.0833. The molecule has 0 bridgehead atoms. The van der Waals surface area contributed by atoms with Crippen molar-refractivity contribution in [2.24, 2.45) is 0 Å². The lowest BCUT2D eigenvalue weighted by Gasteiger charge is -2.11. The molecule has 1 aliphatic rings. The molecule has 0 amide bonds. The quantitative estimate of drug-likeness (QED) is 0.803. The first-order chi connectivity index (χ1) is 7.06. The lowest BCUT2D eigenvalue weighted by atomic mass is 10.1. The molecule has 1 aromatic rings. The molecule has 0 fully saturated rings. The van der Waals surface area contributed by atoms with Crippen LogP contribution in [0.15, 0.2) is 12.1 Å². The van der Waals surface area contributed by atoms with Crippen LogP contribution in [0.1, 0.15) is 25.0 Å². The van der Waals surface area contributed by atoms with Gasteiger partial charge in [0, 0.05) is 30.4 Å². The van der Waals surface area contributed by atoms with E-state index >= 15 is 0 Å². The van der Waals surface area contributed by atoms with Crippen LogP contribution >= 0.6 is 0 Å². The molecule has 0 saturated carbocycles. The SMILES string of the molecule is CC(C)Nc1cc(F)c2c(c1)CN(C)C2. The van der Waals surface area contributed by atoms with Gasteiger partial charge in [-0.2, -0.15) is 0 Å². The Labute approximate surface area is 90.1 Å². The highest BCUT2D eigenvalue weighted by Crippen LogP contribution is 2.27. The fraction of sp³-hybridized carbons (Fsp3) is 0.500. The monoisotopic (exact) mass is 208 g/mol. The van der Waals surface area contributed by atoms with E-state index in [1.54, 1.807) is 6.07 Å². The van der Waals surface area contributed by atoms with E-state index in [-0.39, 0.29) is 5.82 Å². The van der Waals surface area contributed by atoms with E-state index in [1.165, 1.54) is 0 Å². The van der Waals surface area contributed by atoms with Crippen molar-refractivity contribution in [1.82, 2.24) is 4.90 Å². The highest BCUT2D eigenvalue weighted by molar-refractivity contribution is 5.51. The smallest absolute Gasteiger partial charge is 0.130 e. The molecule has 1 N–H and O–H groups in total. The third-order valence-corrected chi connectivity index (χ3v) is 2.61. The van der Waals surface area contributed by atoms with E-state index in [1.807, 2.05) is 7.05 Å². The van der Waals surface area contributed by atoms with Gasteiger partial charge >= 0.3 is 0 Å². The minimum absolute atomic E-state index is 0.0833. The van der Waals surface area contributed by atoms with Crippen LogP contribution in [-0.2, 0) is 13.1 Å². The Morgan fingerprint density at radius 3 is 2.73 bits per heavy atom. The number of nitrogens with one attached hydrogen (secondary N) is 1. The molecule has 0 saturated heterocycles. The van der Waals surface area contributed by atoms with Gasteiger partial charge in [0.1, 0.15) is 5.82 Å². The fourth-order valence-electron chi connectivity index (χ4n) is 2.04. The predicted molar refractivity (Wildman–Crippen MR) is 60.3 cm³/mol. The third-order valence-electron chi connectivity index (χ3n) is 2.61. The molecule has 0 radical (unpaired) electrons. The molecule has 0 aliphatic carbocycles. The molecule has 0 unspecified atom stereocenters. The first kappa shape index (κ1) is 10.4. The van der Waals surface area contributed by atoms with E-state index in [4.69, 9.17) is 0 Å². The molecule has 3 heteroatoms. The van der Waals surface area contributed by atoms with Gasteiger partial charge in [-0.3, -0.25) is 4.90 Å². The summed E-state index contributed by atoms with van der Waals surface area (Å²) in [4.78, 5) is 2.12. The molecule has 0 atom stereocenters. The van der Waals surface area contributed by atoms with E-state index < -0.39 is 0 Å². The van der Waals surface area contributed by atoms with Crippen LogP contribution in [-0.4, -0.2) is 18.0 Å². The molecule has 1 aromatic carbocycles. The zero-order chi connectivity index (χ0) is 11.0. The van der Waals surface area contributed by atoms with Gasteiger partial charge in [0.25, 0.3) is 0 Å². The van der Waals surface area contributed by atoms with Gasteiger partial charge in [-0.25, -0.2) is 4.39 Å². The lowest BCUT2D eigenvalue weighted by Crippen LogP contribution is -2.10. The van der Waals surface area contributed by atoms with E-state index in [0.717, 1.165) is 29.9 Å². The summed E-state index contributed by atoms with van der Waals surface area (Å²) in [5, 5.41) is 3.23.